The highest BCUT2D eigenvalue weighted by molar-refractivity contribution is 6.39. The summed E-state index contributed by atoms with van der Waals surface area (Å²) < 4.78 is 46.1. The van der Waals surface area contributed by atoms with Gasteiger partial charge in [-0.15, -0.1) is 13.2 Å². The molecule has 1 heterocycles. The fourth-order valence-electron chi connectivity index (χ4n) is 2.71. The molecule has 1 aliphatic rings. The molecule has 25 heavy (non-hydrogen) atoms. The van der Waals surface area contributed by atoms with Crippen LogP contribution in [0.15, 0.2) is 30.3 Å². The predicted octanol–water partition coefficient (Wildman–Crippen LogP) is 2.63. The van der Waals surface area contributed by atoms with Gasteiger partial charge in [-0.25, -0.2) is 0 Å². The third-order valence-corrected chi connectivity index (χ3v) is 3.66. The average Bonchev–Trinajstić information content (AvgIpc) is 2.81. The topological polar surface area (TPSA) is 68.3 Å². The first-order valence-electron chi connectivity index (χ1n) is 7.08. The number of ether oxygens (including phenoxy) is 2. The van der Waals surface area contributed by atoms with Gasteiger partial charge < -0.3 is 15.2 Å². The molecular weight excluding hydrogens is 331 g/mol. The van der Waals surface area contributed by atoms with Gasteiger partial charge in [0.05, 0.1) is 11.3 Å². The summed E-state index contributed by atoms with van der Waals surface area (Å²) in [5.41, 5.74) is 7.79. The molecule has 0 saturated heterocycles. The summed E-state index contributed by atoms with van der Waals surface area (Å²) in [6.45, 7) is 0. The molecule has 3 rings (SSSR count). The minimum absolute atomic E-state index is 0.0819. The minimum Gasteiger partial charge on any atom is -0.506 e. The van der Waals surface area contributed by atoms with Crippen molar-refractivity contribution in [3.63, 3.8) is 0 Å². The molecule has 9 heteroatoms. The molecule has 0 spiro atoms. The third-order valence-electron chi connectivity index (χ3n) is 3.66. The Labute approximate surface area is 144 Å². The number of hydrogen-bond donors (Lipinski definition) is 1. The van der Waals surface area contributed by atoms with Crippen molar-refractivity contribution in [1.82, 2.24) is 0 Å². The predicted molar refractivity (Wildman–Crippen MR) is 86.3 cm³/mol. The van der Waals surface area contributed by atoms with Crippen LogP contribution in [-0.4, -0.2) is 27.5 Å². The summed E-state index contributed by atoms with van der Waals surface area (Å²) in [5, 5.41) is 7.78. The molecular formula is C16H9B2F3N2O2. The number of alkyl halides is 3. The maximum Gasteiger partial charge on any atom is 0.573 e. The van der Waals surface area contributed by atoms with E-state index in [4.69, 9.17) is 26.2 Å². The van der Waals surface area contributed by atoms with Crippen LogP contribution in [0.4, 0.5) is 18.9 Å². The third kappa shape index (κ3) is 3.38. The Kier molecular flexibility index (Phi) is 3.87. The maximum absolute atomic E-state index is 12.2. The number of anilines is 1. The lowest BCUT2D eigenvalue weighted by Gasteiger charge is -2.19. The van der Waals surface area contributed by atoms with E-state index >= 15 is 0 Å². The zero-order valence-corrected chi connectivity index (χ0v) is 12.7. The second kappa shape index (κ2) is 5.66. The lowest BCUT2D eigenvalue weighted by molar-refractivity contribution is -0.274. The van der Waals surface area contributed by atoms with E-state index in [2.05, 4.69) is 4.74 Å². The number of benzene rings is 2. The van der Waals surface area contributed by atoms with Crippen LogP contribution in [-0.2, 0) is 6.42 Å². The number of nitriles is 1. The molecule has 0 saturated carbocycles. The lowest BCUT2D eigenvalue weighted by Crippen LogP contribution is -2.35. The first-order valence-corrected chi connectivity index (χ1v) is 7.08. The molecule has 2 N–H and O–H groups in total. The SMILES string of the molecule is [B]C1([B])Cc2c(C#N)c(N)cc(-c3ccc(OC(F)(F)F)cc3)c2O1. The van der Waals surface area contributed by atoms with E-state index in [1.54, 1.807) is 0 Å². The molecule has 2 aromatic carbocycles. The van der Waals surface area contributed by atoms with Crippen molar-refractivity contribution >= 4 is 21.4 Å². The van der Waals surface area contributed by atoms with Crippen LogP contribution < -0.4 is 15.2 Å². The number of nitrogens with two attached hydrogens (primary N) is 1. The fourth-order valence-corrected chi connectivity index (χ4v) is 2.71. The zero-order valence-electron chi connectivity index (χ0n) is 12.7. The van der Waals surface area contributed by atoms with E-state index in [1.807, 2.05) is 6.07 Å². The number of halogens is 3. The minimum atomic E-state index is -4.77. The molecule has 0 fully saturated rings. The average molecular weight is 340 g/mol. The molecule has 4 radical (unpaired) electrons. The van der Waals surface area contributed by atoms with Crippen LogP contribution in [0.2, 0.25) is 0 Å². The van der Waals surface area contributed by atoms with E-state index in [1.165, 1.54) is 18.2 Å². The first kappa shape index (κ1) is 17.1. The summed E-state index contributed by atoms with van der Waals surface area (Å²) in [4.78, 5) is 0. The van der Waals surface area contributed by atoms with Crippen molar-refractivity contribution in [1.29, 1.82) is 5.26 Å². The van der Waals surface area contributed by atoms with Crippen molar-refractivity contribution in [3.8, 4) is 28.7 Å². The van der Waals surface area contributed by atoms with Gasteiger partial charge in [0, 0.05) is 16.5 Å². The van der Waals surface area contributed by atoms with Gasteiger partial charge in [-0.05, 0) is 30.2 Å². The van der Waals surface area contributed by atoms with Crippen LogP contribution in [0.5, 0.6) is 11.5 Å². The number of fused-ring (bicyclic) bond motifs is 1. The van der Waals surface area contributed by atoms with Gasteiger partial charge in [-0.1, -0.05) is 12.1 Å². The van der Waals surface area contributed by atoms with Crippen molar-refractivity contribution in [2.24, 2.45) is 0 Å². The number of rotatable bonds is 2. The van der Waals surface area contributed by atoms with Crippen LogP contribution >= 0.6 is 0 Å². The summed E-state index contributed by atoms with van der Waals surface area (Å²) in [6.07, 6.45) is -4.69. The normalized spacial score (nSPS) is 15.1. The van der Waals surface area contributed by atoms with Crippen LogP contribution in [0.3, 0.4) is 0 Å². The Bertz CT molecular complexity index is 875. The van der Waals surface area contributed by atoms with E-state index in [0.29, 0.717) is 22.4 Å². The van der Waals surface area contributed by atoms with Crippen molar-refractivity contribution in [2.45, 2.75) is 18.2 Å². The van der Waals surface area contributed by atoms with Gasteiger partial charge in [0.2, 0.25) is 0 Å². The molecule has 4 nitrogen and oxygen atoms in total. The van der Waals surface area contributed by atoms with Gasteiger partial charge in [0.25, 0.3) is 0 Å². The van der Waals surface area contributed by atoms with Crippen LogP contribution in [0.1, 0.15) is 11.1 Å². The lowest BCUT2D eigenvalue weighted by atomic mass is 9.63. The zero-order chi connectivity index (χ0) is 18.4. The van der Waals surface area contributed by atoms with Gasteiger partial charge in [0.15, 0.2) is 0 Å². The van der Waals surface area contributed by atoms with Gasteiger partial charge in [-0.2, -0.15) is 5.26 Å². The second-order valence-corrected chi connectivity index (χ2v) is 5.61. The molecule has 0 atom stereocenters. The molecule has 0 amide bonds. The molecule has 0 bridgehead atoms. The van der Waals surface area contributed by atoms with Gasteiger partial charge in [0.1, 0.15) is 33.3 Å². The van der Waals surface area contributed by atoms with Gasteiger partial charge >= 0.3 is 6.36 Å². The van der Waals surface area contributed by atoms with E-state index < -0.39 is 11.8 Å². The number of nitrogen functional groups attached to an aromatic ring is 1. The highest BCUT2D eigenvalue weighted by Crippen LogP contribution is 2.45. The standard InChI is InChI=1S/C16H9B2F3N2O2/c17-15(18)6-11-12(7-22)13(23)5-10(14(11)25-15)8-1-3-9(4-2-8)24-16(19,20)21/h1-5H,6,23H2. The van der Waals surface area contributed by atoms with Crippen molar-refractivity contribution in [2.75, 3.05) is 5.73 Å². The summed E-state index contributed by atoms with van der Waals surface area (Å²) >= 11 is 0. The summed E-state index contributed by atoms with van der Waals surface area (Å²) in [6, 6.07) is 8.64. The van der Waals surface area contributed by atoms with Crippen LogP contribution in [0, 0.1) is 11.3 Å². The van der Waals surface area contributed by atoms with Crippen molar-refractivity contribution in [3.05, 3.63) is 41.5 Å². The Balaban J connectivity index is 2.06. The van der Waals surface area contributed by atoms with Crippen molar-refractivity contribution < 1.29 is 22.6 Å². The number of hydrogen-bond acceptors (Lipinski definition) is 4. The summed E-state index contributed by atoms with van der Waals surface area (Å²) in [5.74, 6) is -0.0670. The molecule has 0 aromatic heterocycles. The Morgan fingerprint density at radius 1 is 1.24 bits per heavy atom. The maximum atomic E-state index is 12.2. The molecule has 2 aromatic rings. The highest BCUT2D eigenvalue weighted by atomic mass is 19.4. The molecule has 0 unspecified atom stereocenters. The summed E-state index contributed by atoms with van der Waals surface area (Å²) in [7, 11) is 11.6. The Morgan fingerprint density at radius 3 is 2.44 bits per heavy atom. The molecule has 0 aliphatic carbocycles. The second-order valence-electron chi connectivity index (χ2n) is 5.61. The van der Waals surface area contributed by atoms with E-state index in [0.717, 1.165) is 12.1 Å². The monoisotopic (exact) mass is 340 g/mol. The molecule has 122 valence electrons. The fraction of sp³-hybridized carbons (Fsp3) is 0.188. The quantitative estimate of drug-likeness (QED) is 0.674. The number of nitrogens with zero attached hydrogens (tertiary/aromatic N) is 1. The van der Waals surface area contributed by atoms with E-state index in [9.17, 15) is 18.4 Å². The van der Waals surface area contributed by atoms with E-state index in [-0.39, 0.29) is 23.4 Å². The first-order chi connectivity index (χ1) is 11.6. The van der Waals surface area contributed by atoms with Crippen LogP contribution in [0.25, 0.3) is 11.1 Å². The van der Waals surface area contributed by atoms with Gasteiger partial charge in [-0.3, -0.25) is 0 Å². The Hall–Kier alpha value is -2.75. The molecule has 1 aliphatic heterocycles. The largest absolute Gasteiger partial charge is 0.573 e. The smallest absolute Gasteiger partial charge is 0.506 e. The Morgan fingerprint density at radius 2 is 1.88 bits per heavy atom. The highest BCUT2D eigenvalue weighted by Gasteiger charge is 2.34.